The lowest BCUT2D eigenvalue weighted by molar-refractivity contribution is 0.299. The van der Waals surface area contributed by atoms with Crippen LogP contribution in [-0.2, 0) is 13.2 Å². The normalized spacial score (nSPS) is 10.9. The van der Waals surface area contributed by atoms with Crippen LogP contribution in [0.1, 0.15) is 25.0 Å². The summed E-state index contributed by atoms with van der Waals surface area (Å²) in [5, 5.41) is 3.32. The number of benzene rings is 2. The first kappa shape index (κ1) is 16.0. The molecule has 0 amide bonds. The topological polar surface area (TPSA) is 21.3 Å². The second-order valence-corrected chi connectivity index (χ2v) is 6.12. The molecule has 1 N–H and O–H groups in total. The molecule has 0 saturated heterocycles. The molecule has 0 aliphatic heterocycles. The Kier molecular flexibility index (Phi) is 5.76. The standard InChI is InChI=1S/C17H19BrFNO/c1-12(2)20-10-13-6-7-17(19)14(8-13)11-21-16-5-3-4-15(18)9-16/h3-9,12,20H,10-11H2,1-2H3. The van der Waals surface area contributed by atoms with E-state index < -0.39 is 0 Å². The van der Waals surface area contributed by atoms with Crippen molar-refractivity contribution in [3.8, 4) is 5.75 Å². The van der Waals surface area contributed by atoms with E-state index in [4.69, 9.17) is 4.74 Å². The summed E-state index contributed by atoms with van der Waals surface area (Å²) >= 11 is 3.39. The molecule has 0 aromatic heterocycles. The average molecular weight is 352 g/mol. The minimum absolute atomic E-state index is 0.220. The number of rotatable bonds is 6. The number of hydrogen-bond acceptors (Lipinski definition) is 2. The van der Waals surface area contributed by atoms with Gasteiger partial charge in [-0.25, -0.2) is 4.39 Å². The van der Waals surface area contributed by atoms with Gasteiger partial charge in [-0.15, -0.1) is 0 Å². The second kappa shape index (κ2) is 7.57. The number of ether oxygens (including phenoxy) is 1. The molecular formula is C17H19BrFNO. The van der Waals surface area contributed by atoms with Crippen molar-refractivity contribution in [2.75, 3.05) is 0 Å². The summed E-state index contributed by atoms with van der Waals surface area (Å²) in [6.07, 6.45) is 0. The summed E-state index contributed by atoms with van der Waals surface area (Å²) in [7, 11) is 0. The van der Waals surface area contributed by atoms with E-state index in [2.05, 4.69) is 35.1 Å². The molecule has 0 saturated carbocycles. The fraction of sp³-hybridized carbons (Fsp3) is 0.294. The minimum Gasteiger partial charge on any atom is -0.489 e. The number of hydrogen-bond donors (Lipinski definition) is 1. The average Bonchev–Trinajstić information content (AvgIpc) is 2.45. The Hall–Kier alpha value is -1.39. The van der Waals surface area contributed by atoms with Crippen LogP contribution in [0.25, 0.3) is 0 Å². The maximum atomic E-state index is 13.8. The van der Waals surface area contributed by atoms with Crippen molar-refractivity contribution in [1.82, 2.24) is 5.32 Å². The van der Waals surface area contributed by atoms with Crippen LogP contribution < -0.4 is 10.1 Å². The maximum absolute atomic E-state index is 13.8. The smallest absolute Gasteiger partial charge is 0.129 e. The number of nitrogens with one attached hydrogen (secondary N) is 1. The maximum Gasteiger partial charge on any atom is 0.129 e. The van der Waals surface area contributed by atoms with Crippen LogP contribution in [0.3, 0.4) is 0 Å². The summed E-state index contributed by atoms with van der Waals surface area (Å²) < 4.78 is 20.4. The first-order valence-corrected chi connectivity index (χ1v) is 7.73. The minimum atomic E-state index is -0.238. The van der Waals surface area contributed by atoms with Gasteiger partial charge in [-0.05, 0) is 35.9 Å². The van der Waals surface area contributed by atoms with E-state index in [1.54, 1.807) is 6.07 Å². The van der Waals surface area contributed by atoms with Crippen LogP contribution in [0.2, 0.25) is 0 Å². The molecule has 2 rings (SSSR count). The van der Waals surface area contributed by atoms with E-state index in [0.717, 1.165) is 22.3 Å². The SMILES string of the molecule is CC(C)NCc1ccc(F)c(COc2cccc(Br)c2)c1. The monoisotopic (exact) mass is 351 g/mol. The molecule has 2 aromatic carbocycles. The quantitative estimate of drug-likeness (QED) is 0.816. The van der Waals surface area contributed by atoms with Crippen molar-refractivity contribution in [1.29, 1.82) is 0 Å². The second-order valence-electron chi connectivity index (χ2n) is 5.21. The Bertz CT molecular complexity index is 601. The lowest BCUT2D eigenvalue weighted by atomic mass is 10.1. The van der Waals surface area contributed by atoms with Crippen LogP contribution in [0, 0.1) is 5.82 Å². The molecule has 0 aliphatic carbocycles. The predicted octanol–water partition coefficient (Wildman–Crippen LogP) is 4.67. The molecule has 112 valence electrons. The van der Waals surface area contributed by atoms with E-state index >= 15 is 0 Å². The Morgan fingerprint density at radius 1 is 1.19 bits per heavy atom. The summed E-state index contributed by atoms with van der Waals surface area (Å²) in [4.78, 5) is 0. The Morgan fingerprint density at radius 3 is 2.71 bits per heavy atom. The van der Waals surface area contributed by atoms with Gasteiger partial charge in [0.15, 0.2) is 0 Å². The van der Waals surface area contributed by atoms with Gasteiger partial charge in [-0.1, -0.05) is 41.9 Å². The van der Waals surface area contributed by atoms with E-state index in [1.807, 2.05) is 30.3 Å². The first-order valence-electron chi connectivity index (χ1n) is 6.93. The van der Waals surface area contributed by atoms with Gasteiger partial charge in [0, 0.05) is 22.6 Å². The molecule has 0 spiro atoms. The third-order valence-electron chi connectivity index (χ3n) is 3.01. The fourth-order valence-electron chi connectivity index (χ4n) is 1.89. The zero-order valence-electron chi connectivity index (χ0n) is 12.2. The lowest BCUT2D eigenvalue weighted by Crippen LogP contribution is -2.21. The van der Waals surface area contributed by atoms with Gasteiger partial charge in [0.1, 0.15) is 18.2 Å². The zero-order chi connectivity index (χ0) is 15.2. The highest BCUT2D eigenvalue weighted by Crippen LogP contribution is 2.20. The van der Waals surface area contributed by atoms with Crippen molar-refractivity contribution >= 4 is 15.9 Å². The molecule has 0 atom stereocenters. The molecule has 21 heavy (non-hydrogen) atoms. The molecule has 0 bridgehead atoms. The first-order chi connectivity index (χ1) is 10.0. The van der Waals surface area contributed by atoms with Crippen molar-refractivity contribution in [3.63, 3.8) is 0 Å². The van der Waals surface area contributed by atoms with Gasteiger partial charge < -0.3 is 10.1 Å². The van der Waals surface area contributed by atoms with Crippen molar-refractivity contribution < 1.29 is 9.13 Å². The largest absolute Gasteiger partial charge is 0.489 e. The van der Waals surface area contributed by atoms with Crippen molar-refractivity contribution in [3.05, 3.63) is 63.9 Å². The van der Waals surface area contributed by atoms with E-state index in [-0.39, 0.29) is 12.4 Å². The summed E-state index contributed by atoms with van der Waals surface area (Å²) in [5.41, 5.74) is 1.62. The molecule has 2 aromatic rings. The van der Waals surface area contributed by atoms with E-state index in [0.29, 0.717) is 11.6 Å². The van der Waals surface area contributed by atoms with Crippen LogP contribution >= 0.6 is 15.9 Å². The molecule has 2 nitrogen and oxygen atoms in total. The molecule has 4 heteroatoms. The fourth-order valence-corrected chi connectivity index (χ4v) is 2.27. The van der Waals surface area contributed by atoms with Crippen LogP contribution in [-0.4, -0.2) is 6.04 Å². The molecule has 0 radical (unpaired) electrons. The van der Waals surface area contributed by atoms with Gasteiger partial charge in [-0.3, -0.25) is 0 Å². The van der Waals surface area contributed by atoms with Gasteiger partial charge in [-0.2, -0.15) is 0 Å². The van der Waals surface area contributed by atoms with E-state index in [1.165, 1.54) is 6.07 Å². The van der Waals surface area contributed by atoms with Crippen molar-refractivity contribution in [2.45, 2.75) is 33.0 Å². The van der Waals surface area contributed by atoms with Gasteiger partial charge in [0.05, 0.1) is 0 Å². The van der Waals surface area contributed by atoms with Gasteiger partial charge in [0.2, 0.25) is 0 Å². The Labute approximate surface area is 133 Å². The molecule has 0 aliphatic rings. The molecule has 0 unspecified atom stereocenters. The summed E-state index contributed by atoms with van der Waals surface area (Å²) in [5.74, 6) is 0.479. The lowest BCUT2D eigenvalue weighted by Gasteiger charge is -2.11. The van der Waals surface area contributed by atoms with E-state index in [9.17, 15) is 4.39 Å². The highest BCUT2D eigenvalue weighted by atomic mass is 79.9. The summed E-state index contributed by atoms with van der Waals surface area (Å²) in [6, 6.07) is 13.1. The summed E-state index contributed by atoms with van der Waals surface area (Å²) in [6.45, 7) is 5.11. The van der Waals surface area contributed by atoms with Gasteiger partial charge in [0.25, 0.3) is 0 Å². The third-order valence-corrected chi connectivity index (χ3v) is 3.51. The molecule has 0 fully saturated rings. The highest BCUT2D eigenvalue weighted by molar-refractivity contribution is 9.10. The van der Waals surface area contributed by atoms with Crippen LogP contribution in [0.5, 0.6) is 5.75 Å². The molecule has 0 heterocycles. The highest BCUT2D eigenvalue weighted by Gasteiger charge is 2.06. The van der Waals surface area contributed by atoms with Gasteiger partial charge >= 0.3 is 0 Å². The van der Waals surface area contributed by atoms with Crippen molar-refractivity contribution in [2.24, 2.45) is 0 Å². The predicted molar refractivity (Wildman–Crippen MR) is 86.8 cm³/mol. The zero-order valence-corrected chi connectivity index (χ0v) is 13.8. The van der Waals surface area contributed by atoms with Crippen LogP contribution in [0.15, 0.2) is 46.9 Å². The molecular weight excluding hydrogens is 333 g/mol. The van der Waals surface area contributed by atoms with Crippen LogP contribution in [0.4, 0.5) is 4.39 Å². The Balaban J connectivity index is 2.03. The third kappa shape index (κ3) is 5.14. The number of halogens is 2. The Morgan fingerprint density at radius 2 is 2.00 bits per heavy atom.